The largest absolute Gasteiger partial charge is 0.453 e. The first-order valence-corrected chi connectivity index (χ1v) is 6.31. The summed E-state index contributed by atoms with van der Waals surface area (Å²) in [5.41, 5.74) is 0.0419. The molecule has 2 aromatic heterocycles. The predicted octanol–water partition coefficient (Wildman–Crippen LogP) is 2.02. The van der Waals surface area contributed by atoms with E-state index in [0.29, 0.717) is 5.65 Å². The zero-order valence-electron chi connectivity index (χ0n) is 11.2. The van der Waals surface area contributed by atoms with Crippen LogP contribution < -0.4 is 10.1 Å². The number of para-hydroxylation sites is 1. The molecule has 0 aliphatic carbocycles. The van der Waals surface area contributed by atoms with Gasteiger partial charge in [0.15, 0.2) is 12.3 Å². The van der Waals surface area contributed by atoms with Crippen molar-refractivity contribution in [1.29, 1.82) is 0 Å². The Labute approximate surface area is 123 Å². The molecule has 3 rings (SSSR count). The van der Waals surface area contributed by atoms with Crippen molar-refractivity contribution in [1.82, 2.24) is 14.6 Å². The van der Waals surface area contributed by atoms with Crippen LogP contribution >= 0.6 is 0 Å². The zero-order chi connectivity index (χ0) is 15.5. The van der Waals surface area contributed by atoms with Gasteiger partial charge in [0.25, 0.3) is 5.91 Å². The summed E-state index contributed by atoms with van der Waals surface area (Å²) in [4.78, 5) is 11.7. The van der Waals surface area contributed by atoms with Gasteiger partial charge in [-0.1, -0.05) is 17.2 Å². The number of amides is 1. The Kier molecular flexibility index (Phi) is 3.65. The molecule has 1 N–H and O–H groups in total. The normalized spacial score (nSPS) is 10.6. The number of aromatic nitrogens is 3. The summed E-state index contributed by atoms with van der Waals surface area (Å²) in [5.74, 6) is -2.43. The molecule has 0 bridgehead atoms. The van der Waals surface area contributed by atoms with Crippen molar-refractivity contribution in [2.24, 2.45) is 0 Å². The summed E-state index contributed by atoms with van der Waals surface area (Å²) in [6.07, 6.45) is 1.67. The minimum atomic E-state index is -0.860. The first-order valence-electron chi connectivity index (χ1n) is 6.31. The van der Waals surface area contributed by atoms with E-state index in [1.807, 2.05) is 0 Å². The lowest BCUT2D eigenvalue weighted by molar-refractivity contribution is -0.118. The average molecular weight is 304 g/mol. The van der Waals surface area contributed by atoms with Crippen molar-refractivity contribution in [2.75, 3.05) is 11.9 Å². The maximum Gasteiger partial charge on any atom is 0.322 e. The van der Waals surface area contributed by atoms with Crippen LogP contribution in [0.5, 0.6) is 6.01 Å². The van der Waals surface area contributed by atoms with Gasteiger partial charge in [0, 0.05) is 6.20 Å². The van der Waals surface area contributed by atoms with E-state index in [9.17, 15) is 13.6 Å². The molecular weight excluding hydrogens is 294 g/mol. The molecule has 22 heavy (non-hydrogen) atoms. The van der Waals surface area contributed by atoms with Crippen LogP contribution in [0.15, 0.2) is 42.6 Å². The summed E-state index contributed by atoms with van der Waals surface area (Å²) in [6.45, 7) is -0.455. The highest BCUT2D eigenvalue weighted by Gasteiger charge is 2.13. The van der Waals surface area contributed by atoms with E-state index < -0.39 is 29.8 Å². The quantitative estimate of drug-likeness (QED) is 0.800. The van der Waals surface area contributed by atoms with Gasteiger partial charge in [-0.2, -0.15) is 0 Å². The summed E-state index contributed by atoms with van der Waals surface area (Å²) in [5, 5.41) is 9.73. The smallest absolute Gasteiger partial charge is 0.322 e. The van der Waals surface area contributed by atoms with E-state index in [4.69, 9.17) is 4.74 Å². The molecule has 1 aromatic carbocycles. The number of hydrogen-bond donors (Lipinski definition) is 1. The maximum absolute atomic E-state index is 13.4. The lowest BCUT2D eigenvalue weighted by Crippen LogP contribution is -2.22. The summed E-state index contributed by atoms with van der Waals surface area (Å²) in [7, 11) is 0. The molecule has 0 atom stereocenters. The van der Waals surface area contributed by atoms with Crippen LogP contribution in [-0.4, -0.2) is 27.1 Å². The van der Waals surface area contributed by atoms with Crippen LogP contribution in [0.25, 0.3) is 5.65 Å². The molecule has 0 saturated carbocycles. The van der Waals surface area contributed by atoms with Crippen molar-refractivity contribution in [3.63, 3.8) is 0 Å². The van der Waals surface area contributed by atoms with Gasteiger partial charge in [0.05, 0.1) is 0 Å². The molecule has 0 unspecified atom stereocenters. The van der Waals surface area contributed by atoms with Crippen LogP contribution in [0, 0.1) is 11.6 Å². The van der Waals surface area contributed by atoms with Gasteiger partial charge in [-0.3, -0.25) is 9.20 Å². The highest BCUT2D eigenvalue weighted by molar-refractivity contribution is 5.92. The summed E-state index contributed by atoms with van der Waals surface area (Å²) < 4.78 is 33.6. The molecule has 0 fully saturated rings. The third-order valence-corrected chi connectivity index (χ3v) is 2.84. The molecule has 0 radical (unpaired) electrons. The minimum Gasteiger partial charge on any atom is -0.453 e. The molecule has 0 spiro atoms. The first-order chi connectivity index (χ1) is 10.6. The Morgan fingerprint density at radius 2 is 1.91 bits per heavy atom. The monoisotopic (exact) mass is 304 g/mol. The van der Waals surface area contributed by atoms with Gasteiger partial charge in [0.2, 0.25) is 0 Å². The highest BCUT2D eigenvalue weighted by Crippen LogP contribution is 2.18. The Bertz CT molecular complexity index is 814. The van der Waals surface area contributed by atoms with E-state index in [1.54, 1.807) is 24.4 Å². The van der Waals surface area contributed by atoms with Crippen LogP contribution in [0.1, 0.15) is 0 Å². The molecule has 0 saturated heterocycles. The fraction of sp³-hybridized carbons (Fsp3) is 0.0714. The van der Waals surface area contributed by atoms with Crippen molar-refractivity contribution in [3.8, 4) is 6.01 Å². The Morgan fingerprint density at radius 1 is 1.14 bits per heavy atom. The third-order valence-electron chi connectivity index (χ3n) is 2.84. The number of pyridine rings is 1. The molecular formula is C14H10F2N4O2. The van der Waals surface area contributed by atoms with Crippen LogP contribution in [-0.2, 0) is 4.79 Å². The number of rotatable bonds is 4. The molecule has 8 heteroatoms. The van der Waals surface area contributed by atoms with E-state index in [1.165, 1.54) is 10.5 Å². The first kappa shape index (κ1) is 13.9. The number of halogens is 2. The van der Waals surface area contributed by atoms with E-state index >= 15 is 0 Å². The van der Waals surface area contributed by atoms with Crippen molar-refractivity contribution >= 4 is 17.2 Å². The Hall–Kier alpha value is -3.03. The van der Waals surface area contributed by atoms with Gasteiger partial charge < -0.3 is 10.1 Å². The van der Waals surface area contributed by atoms with E-state index in [2.05, 4.69) is 15.5 Å². The van der Waals surface area contributed by atoms with E-state index in [-0.39, 0.29) is 6.01 Å². The topological polar surface area (TPSA) is 68.5 Å². The molecule has 3 aromatic rings. The fourth-order valence-electron chi connectivity index (χ4n) is 1.84. The second-order valence-corrected chi connectivity index (χ2v) is 4.34. The van der Waals surface area contributed by atoms with Gasteiger partial charge >= 0.3 is 6.01 Å². The number of hydrogen-bond acceptors (Lipinski definition) is 4. The standard InChI is InChI=1S/C14H10F2N4O2/c15-9-4-3-5-10(16)13(9)17-12(21)8-22-14-19-18-11-6-1-2-7-20(11)14/h1-7H,8H2,(H,17,21). The maximum atomic E-state index is 13.4. The second kappa shape index (κ2) is 5.76. The number of nitrogens with one attached hydrogen (secondary N) is 1. The molecule has 112 valence electrons. The lowest BCUT2D eigenvalue weighted by atomic mass is 10.3. The van der Waals surface area contributed by atoms with Gasteiger partial charge in [-0.15, -0.1) is 5.10 Å². The van der Waals surface area contributed by atoms with Crippen molar-refractivity contribution in [3.05, 3.63) is 54.2 Å². The van der Waals surface area contributed by atoms with Gasteiger partial charge in [-0.05, 0) is 24.3 Å². The Morgan fingerprint density at radius 3 is 2.68 bits per heavy atom. The van der Waals surface area contributed by atoms with Crippen molar-refractivity contribution in [2.45, 2.75) is 0 Å². The number of fused-ring (bicyclic) bond motifs is 1. The van der Waals surface area contributed by atoms with Crippen molar-refractivity contribution < 1.29 is 18.3 Å². The molecule has 2 heterocycles. The van der Waals surface area contributed by atoms with Crippen LogP contribution in [0.3, 0.4) is 0 Å². The van der Waals surface area contributed by atoms with Gasteiger partial charge in [0.1, 0.15) is 17.3 Å². The summed E-state index contributed by atoms with van der Waals surface area (Å²) >= 11 is 0. The second-order valence-electron chi connectivity index (χ2n) is 4.34. The van der Waals surface area contributed by atoms with E-state index in [0.717, 1.165) is 12.1 Å². The number of carbonyl (C=O) groups is 1. The number of carbonyl (C=O) groups excluding carboxylic acids is 1. The number of ether oxygens (including phenoxy) is 1. The fourth-order valence-corrected chi connectivity index (χ4v) is 1.84. The molecule has 6 nitrogen and oxygen atoms in total. The zero-order valence-corrected chi connectivity index (χ0v) is 11.2. The number of anilines is 1. The van der Waals surface area contributed by atoms with Crippen LogP contribution in [0.4, 0.5) is 14.5 Å². The molecule has 0 aliphatic rings. The summed E-state index contributed by atoms with van der Waals surface area (Å²) in [6, 6.07) is 8.66. The molecule has 1 amide bonds. The number of benzene rings is 1. The minimum absolute atomic E-state index is 0.111. The highest BCUT2D eigenvalue weighted by atomic mass is 19.1. The molecule has 0 aliphatic heterocycles. The lowest BCUT2D eigenvalue weighted by Gasteiger charge is -2.07. The Balaban J connectivity index is 1.68. The SMILES string of the molecule is O=C(COc1nnc2ccccn12)Nc1c(F)cccc1F. The number of nitrogens with zero attached hydrogens (tertiary/aromatic N) is 3. The predicted molar refractivity (Wildman–Crippen MR) is 73.5 cm³/mol. The average Bonchev–Trinajstić information content (AvgIpc) is 2.92. The van der Waals surface area contributed by atoms with Gasteiger partial charge in [-0.25, -0.2) is 8.78 Å². The van der Waals surface area contributed by atoms with Crippen LogP contribution in [0.2, 0.25) is 0 Å². The third kappa shape index (κ3) is 2.71.